The molecule has 0 bridgehead atoms. The van der Waals surface area contributed by atoms with E-state index in [1.54, 1.807) is 7.11 Å². The van der Waals surface area contributed by atoms with E-state index in [9.17, 15) is 4.79 Å². The van der Waals surface area contributed by atoms with Gasteiger partial charge in [-0.05, 0) is 113 Å². The molecule has 0 aromatic heterocycles. The summed E-state index contributed by atoms with van der Waals surface area (Å²) in [5.74, 6) is 3.89. The topological polar surface area (TPSA) is 35.5 Å². The van der Waals surface area contributed by atoms with Crippen LogP contribution in [0.15, 0.2) is 0 Å². The quantitative estimate of drug-likeness (QED) is 0.389. The highest BCUT2D eigenvalue weighted by Gasteiger charge is 2.41. The highest BCUT2D eigenvalue weighted by molar-refractivity contribution is 5.83. The van der Waals surface area contributed by atoms with Gasteiger partial charge in [0.15, 0.2) is 0 Å². The Kier molecular flexibility index (Phi) is 8.99. The monoisotopic (exact) mass is 460 g/mol. The maximum absolute atomic E-state index is 13.0. The van der Waals surface area contributed by atoms with E-state index in [1.165, 1.54) is 51.4 Å². The summed E-state index contributed by atoms with van der Waals surface area (Å²) >= 11 is 0. The smallest absolute Gasteiger partial charge is 0.139 e. The lowest BCUT2D eigenvalue weighted by atomic mass is 9.60. The fourth-order valence-electron chi connectivity index (χ4n) is 7.95. The van der Waals surface area contributed by atoms with Crippen LogP contribution >= 0.6 is 0 Å². The Morgan fingerprint density at radius 2 is 1.00 bits per heavy atom. The van der Waals surface area contributed by atoms with Crippen LogP contribution in [0.2, 0.25) is 0 Å². The van der Waals surface area contributed by atoms with Crippen molar-refractivity contribution in [2.45, 2.75) is 142 Å². The van der Waals surface area contributed by atoms with Gasteiger partial charge in [-0.2, -0.15) is 0 Å². The van der Waals surface area contributed by atoms with Crippen LogP contribution < -0.4 is 0 Å². The molecule has 0 aromatic rings. The molecular weight excluding hydrogens is 408 g/mol. The van der Waals surface area contributed by atoms with Gasteiger partial charge in [-0.3, -0.25) is 4.79 Å². The second kappa shape index (κ2) is 11.5. The van der Waals surface area contributed by atoms with Gasteiger partial charge in [-0.1, -0.05) is 33.6 Å². The molecule has 4 aliphatic rings. The average molecular weight is 461 g/mol. The molecule has 3 heteroatoms. The van der Waals surface area contributed by atoms with E-state index in [-0.39, 0.29) is 0 Å². The highest BCUT2D eigenvalue weighted by atomic mass is 16.5. The lowest BCUT2D eigenvalue weighted by Crippen LogP contribution is -2.39. The molecule has 0 N–H and O–H groups in total. The number of Topliss-reactive ketones (excluding diaryl/α,β-unsaturated/α-hetero) is 1. The summed E-state index contributed by atoms with van der Waals surface area (Å²) in [6, 6.07) is 0. The van der Waals surface area contributed by atoms with Crippen molar-refractivity contribution in [2.75, 3.05) is 7.11 Å². The molecule has 0 heterocycles. The molecule has 4 rings (SSSR count). The Morgan fingerprint density at radius 3 is 1.45 bits per heavy atom. The first-order valence-electron chi connectivity index (χ1n) is 14.6. The van der Waals surface area contributed by atoms with Crippen molar-refractivity contribution < 1.29 is 14.3 Å². The van der Waals surface area contributed by atoms with Crippen molar-refractivity contribution in [3.05, 3.63) is 0 Å². The van der Waals surface area contributed by atoms with Crippen LogP contribution in [-0.2, 0) is 14.3 Å². The number of methoxy groups -OCH3 is 1. The third kappa shape index (κ3) is 6.43. The van der Waals surface area contributed by atoms with Gasteiger partial charge in [0.25, 0.3) is 0 Å². The molecule has 4 aliphatic carbocycles. The van der Waals surface area contributed by atoms with Gasteiger partial charge in [-0.15, -0.1) is 0 Å². The molecule has 0 spiro atoms. The minimum absolute atomic E-state index is 0.295. The molecular formula is C30H52O3. The summed E-state index contributed by atoms with van der Waals surface area (Å²) in [4.78, 5) is 13.0. The van der Waals surface area contributed by atoms with Crippen LogP contribution in [0.1, 0.15) is 124 Å². The number of hydrogen-bond donors (Lipinski definition) is 0. The zero-order valence-electron chi connectivity index (χ0n) is 22.2. The van der Waals surface area contributed by atoms with Crippen molar-refractivity contribution >= 4 is 5.78 Å². The summed E-state index contributed by atoms with van der Waals surface area (Å²) < 4.78 is 12.1. The van der Waals surface area contributed by atoms with E-state index in [4.69, 9.17) is 9.47 Å². The van der Waals surface area contributed by atoms with Crippen molar-refractivity contribution in [3.63, 3.8) is 0 Å². The largest absolute Gasteiger partial charge is 0.381 e. The SMILES string of the molecule is COC1CCC(C(=O)C2CCC(OC3CCC(C(C)(C)C4CCC(C)CC4)CC3)CC2)CC1. The molecule has 0 radical (unpaired) electrons. The van der Waals surface area contributed by atoms with Crippen molar-refractivity contribution in [1.29, 1.82) is 0 Å². The maximum atomic E-state index is 13.0. The van der Waals surface area contributed by atoms with Gasteiger partial charge in [0.2, 0.25) is 0 Å². The van der Waals surface area contributed by atoms with E-state index in [1.807, 2.05) is 0 Å². The van der Waals surface area contributed by atoms with Crippen molar-refractivity contribution in [2.24, 2.45) is 35.0 Å². The first kappa shape index (κ1) is 25.7. The first-order valence-corrected chi connectivity index (χ1v) is 14.6. The number of ether oxygens (including phenoxy) is 2. The van der Waals surface area contributed by atoms with Gasteiger partial charge in [0.05, 0.1) is 18.3 Å². The Balaban J connectivity index is 1.16. The number of hydrogen-bond acceptors (Lipinski definition) is 3. The fraction of sp³-hybridized carbons (Fsp3) is 0.967. The van der Waals surface area contributed by atoms with Crippen LogP contribution in [0, 0.1) is 35.0 Å². The molecule has 4 fully saturated rings. The minimum atomic E-state index is 0.295. The molecule has 3 nitrogen and oxygen atoms in total. The predicted molar refractivity (Wildman–Crippen MR) is 135 cm³/mol. The Morgan fingerprint density at radius 1 is 0.606 bits per heavy atom. The van der Waals surface area contributed by atoms with Gasteiger partial charge in [0, 0.05) is 18.9 Å². The van der Waals surface area contributed by atoms with Crippen molar-refractivity contribution in [3.8, 4) is 0 Å². The molecule has 0 unspecified atom stereocenters. The van der Waals surface area contributed by atoms with E-state index in [0.29, 0.717) is 41.3 Å². The lowest BCUT2D eigenvalue weighted by Gasteiger charge is -2.47. The van der Waals surface area contributed by atoms with E-state index in [2.05, 4.69) is 20.8 Å². The molecule has 0 aliphatic heterocycles. The minimum Gasteiger partial charge on any atom is -0.381 e. The molecule has 190 valence electrons. The van der Waals surface area contributed by atoms with E-state index in [0.717, 1.165) is 69.1 Å². The summed E-state index contributed by atoms with van der Waals surface area (Å²) in [7, 11) is 1.80. The summed E-state index contributed by atoms with van der Waals surface area (Å²) in [5, 5.41) is 0. The second-order valence-corrected chi connectivity index (χ2v) is 13.0. The van der Waals surface area contributed by atoms with E-state index >= 15 is 0 Å². The molecule has 4 saturated carbocycles. The third-order valence-corrected chi connectivity index (χ3v) is 10.7. The van der Waals surface area contributed by atoms with Crippen LogP contribution in [0.3, 0.4) is 0 Å². The van der Waals surface area contributed by atoms with Crippen LogP contribution in [0.5, 0.6) is 0 Å². The highest BCUT2D eigenvalue weighted by Crippen LogP contribution is 2.49. The zero-order chi connectivity index (χ0) is 23.4. The molecule has 0 atom stereocenters. The number of ketones is 1. The zero-order valence-corrected chi connectivity index (χ0v) is 22.2. The lowest BCUT2D eigenvalue weighted by molar-refractivity contribution is -0.131. The Hall–Kier alpha value is -0.410. The van der Waals surface area contributed by atoms with Crippen LogP contribution in [-0.4, -0.2) is 31.2 Å². The first-order chi connectivity index (χ1) is 15.9. The van der Waals surface area contributed by atoms with Crippen LogP contribution in [0.4, 0.5) is 0 Å². The number of rotatable bonds is 7. The maximum Gasteiger partial charge on any atom is 0.139 e. The molecule has 0 saturated heterocycles. The summed E-state index contributed by atoms with van der Waals surface area (Å²) in [6.45, 7) is 7.57. The van der Waals surface area contributed by atoms with E-state index < -0.39 is 0 Å². The second-order valence-electron chi connectivity index (χ2n) is 13.0. The summed E-state index contributed by atoms with van der Waals surface area (Å²) in [5.41, 5.74) is 0.492. The number of carbonyl (C=O) groups is 1. The predicted octanol–water partition coefficient (Wildman–Crippen LogP) is 7.75. The Labute approximate surface area is 204 Å². The Bertz CT molecular complexity index is 596. The van der Waals surface area contributed by atoms with Gasteiger partial charge in [-0.25, -0.2) is 0 Å². The normalized spacial score (nSPS) is 41.0. The molecule has 0 amide bonds. The molecule has 33 heavy (non-hydrogen) atoms. The fourth-order valence-corrected chi connectivity index (χ4v) is 7.95. The van der Waals surface area contributed by atoms with Gasteiger partial charge in [0.1, 0.15) is 5.78 Å². The standard InChI is InChI=1S/C30H52O3/c1-21-5-11-24(12-6-21)30(2,3)25-13-19-28(20-14-25)33-27-17-9-23(10-18-27)29(31)22-7-15-26(32-4)16-8-22/h21-28H,5-20H2,1-4H3. The van der Waals surface area contributed by atoms with Crippen LogP contribution in [0.25, 0.3) is 0 Å². The summed E-state index contributed by atoms with van der Waals surface area (Å²) in [6.07, 6.45) is 20.7. The van der Waals surface area contributed by atoms with Gasteiger partial charge < -0.3 is 9.47 Å². The average Bonchev–Trinajstić information content (AvgIpc) is 2.85. The number of carbonyl (C=O) groups excluding carboxylic acids is 1. The molecule has 0 aromatic carbocycles. The van der Waals surface area contributed by atoms with Crippen molar-refractivity contribution in [1.82, 2.24) is 0 Å². The van der Waals surface area contributed by atoms with Gasteiger partial charge >= 0.3 is 0 Å². The third-order valence-electron chi connectivity index (χ3n) is 10.7.